The van der Waals surface area contributed by atoms with Crippen LogP contribution < -0.4 is 5.32 Å². The Labute approximate surface area is 280 Å². The van der Waals surface area contributed by atoms with Crippen LogP contribution in [-0.2, 0) is 27.5 Å². The first kappa shape index (κ1) is 31.3. The summed E-state index contributed by atoms with van der Waals surface area (Å²) in [4.78, 5) is 58.0. The van der Waals surface area contributed by atoms with Gasteiger partial charge < -0.3 is 19.9 Å². The number of amides is 2. The first-order valence-electron chi connectivity index (χ1n) is 15.6. The molecule has 242 valence electrons. The second-order valence-corrected chi connectivity index (χ2v) is 13.5. The molecule has 4 aromatic rings. The molecule has 5 heterocycles. The predicted octanol–water partition coefficient (Wildman–Crippen LogP) is 4.18. The molecule has 2 amide bonds. The fourth-order valence-corrected chi connectivity index (χ4v) is 7.29. The van der Waals surface area contributed by atoms with E-state index in [1.54, 1.807) is 22.0 Å². The maximum atomic E-state index is 14.3. The van der Waals surface area contributed by atoms with Crippen LogP contribution in [-0.4, -0.2) is 91.0 Å². The molecular weight excluding hydrogens is 664 g/mol. The number of halogens is 1. The molecule has 2 bridgehead atoms. The Morgan fingerprint density at radius 3 is 2.70 bits per heavy atom. The number of piperidine rings is 1. The van der Waals surface area contributed by atoms with Crippen molar-refractivity contribution in [2.45, 2.75) is 51.9 Å². The number of hydrogen-bond donors (Lipinski definition) is 1. The van der Waals surface area contributed by atoms with Gasteiger partial charge in [0.15, 0.2) is 5.78 Å². The lowest BCUT2D eigenvalue weighted by atomic mass is 9.98. The van der Waals surface area contributed by atoms with Gasteiger partial charge in [0.25, 0.3) is 0 Å². The van der Waals surface area contributed by atoms with Crippen molar-refractivity contribution in [2.24, 2.45) is 5.41 Å². The van der Waals surface area contributed by atoms with Gasteiger partial charge in [0.1, 0.15) is 34.5 Å². The van der Waals surface area contributed by atoms with E-state index in [1.807, 2.05) is 43.3 Å². The SMILES string of the molecule is CC(=O)c1nn(CC(=O)N2[C@H]3C[C@]4(C[C@@H]24)CN(C)C/C=C/COCc2ccc(Br)nc2NC3=O)c2ccc(-c3cnc(C)nc3)cc12. The van der Waals surface area contributed by atoms with Gasteiger partial charge in [-0.1, -0.05) is 24.3 Å². The number of benzene rings is 1. The molecule has 0 unspecified atom stereocenters. The number of pyridine rings is 1. The number of nitrogens with one attached hydrogen (secondary N) is 1. The zero-order valence-electron chi connectivity index (χ0n) is 26.4. The van der Waals surface area contributed by atoms with Crippen LogP contribution in [0.1, 0.15) is 41.6 Å². The lowest BCUT2D eigenvalue weighted by Crippen LogP contribution is -2.47. The van der Waals surface area contributed by atoms with Crippen LogP contribution in [0.2, 0.25) is 0 Å². The van der Waals surface area contributed by atoms with Crippen molar-refractivity contribution in [1.82, 2.24) is 34.5 Å². The number of likely N-dealkylation sites (N-methyl/N-ethyl adjacent to an activating group) is 1. The molecule has 3 atom stereocenters. The van der Waals surface area contributed by atoms with E-state index < -0.39 is 6.04 Å². The lowest BCUT2D eigenvalue weighted by molar-refractivity contribution is -0.138. The molecule has 7 rings (SSSR count). The summed E-state index contributed by atoms with van der Waals surface area (Å²) in [6.45, 7) is 5.39. The summed E-state index contributed by atoms with van der Waals surface area (Å²) in [6.07, 6.45) is 8.93. The molecule has 3 aliphatic rings. The van der Waals surface area contributed by atoms with Crippen LogP contribution in [0.25, 0.3) is 22.0 Å². The van der Waals surface area contributed by atoms with Gasteiger partial charge in [0.05, 0.1) is 18.7 Å². The minimum atomic E-state index is -0.688. The number of aromatic nitrogens is 5. The molecule has 1 aliphatic carbocycles. The molecule has 47 heavy (non-hydrogen) atoms. The molecule has 13 heteroatoms. The standard InChI is InChI=1S/C34H35BrN8O4/c1-20(44)31-25-12-22(24-15-36-21(2)37-16-24)6-8-26(25)42(40-31)17-30(45)43-27-13-34(14-28(34)43)19-41(3)10-4-5-11-47-18-23-7-9-29(35)38-32(23)39-33(27)46/h4-9,12,15-16,27-28H,10-11,13-14,17-19H2,1-3H3,(H,38,39,46)/b5-4+/t27-,28+,34-/m0/s1. The van der Waals surface area contributed by atoms with Gasteiger partial charge in [-0.3, -0.25) is 19.1 Å². The highest BCUT2D eigenvalue weighted by atomic mass is 79.9. The highest BCUT2D eigenvalue weighted by molar-refractivity contribution is 9.10. The maximum Gasteiger partial charge on any atom is 0.248 e. The van der Waals surface area contributed by atoms with Crippen molar-refractivity contribution < 1.29 is 19.1 Å². The van der Waals surface area contributed by atoms with Crippen molar-refractivity contribution >= 4 is 50.2 Å². The summed E-state index contributed by atoms with van der Waals surface area (Å²) in [6, 6.07) is 8.57. The minimum Gasteiger partial charge on any atom is -0.373 e. The summed E-state index contributed by atoms with van der Waals surface area (Å²) >= 11 is 3.41. The number of likely N-dealkylation sites (tertiary alicyclic amines) is 1. The number of Topliss-reactive ketones (excluding diaryl/α,β-unsaturated/α-hetero) is 1. The number of anilines is 1. The summed E-state index contributed by atoms with van der Waals surface area (Å²) in [5, 5.41) is 8.26. The van der Waals surface area contributed by atoms with Gasteiger partial charge in [-0.05, 0) is 66.5 Å². The summed E-state index contributed by atoms with van der Waals surface area (Å²) < 4.78 is 8.00. The Kier molecular flexibility index (Phi) is 8.23. The van der Waals surface area contributed by atoms with Crippen LogP contribution in [0.5, 0.6) is 0 Å². The highest BCUT2D eigenvalue weighted by Crippen LogP contribution is 2.60. The third-order valence-electron chi connectivity index (χ3n) is 9.32. The van der Waals surface area contributed by atoms with Gasteiger partial charge in [-0.15, -0.1) is 0 Å². The second kappa shape index (κ2) is 12.4. The number of ether oxygens (including phenoxy) is 1. The smallest absolute Gasteiger partial charge is 0.248 e. The molecule has 1 aromatic carbocycles. The molecular formula is C34H35BrN8O4. The highest BCUT2D eigenvalue weighted by Gasteiger charge is 2.67. The fourth-order valence-electron chi connectivity index (χ4n) is 6.98. The zero-order chi connectivity index (χ0) is 32.9. The largest absolute Gasteiger partial charge is 0.373 e. The number of hydrogen-bond acceptors (Lipinski definition) is 9. The van der Waals surface area contributed by atoms with Crippen molar-refractivity contribution in [1.29, 1.82) is 0 Å². The molecule has 3 aromatic heterocycles. The first-order chi connectivity index (χ1) is 22.6. The number of rotatable bonds is 4. The molecule has 1 spiro atoms. The Bertz CT molecular complexity index is 1930. The number of carbonyl (C=O) groups is 3. The Morgan fingerprint density at radius 2 is 1.91 bits per heavy atom. The Balaban J connectivity index is 1.21. The van der Waals surface area contributed by atoms with Crippen LogP contribution in [0, 0.1) is 12.3 Å². The van der Waals surface area contributed by atoms with E-state index in [-0.39, 0.29) is 47.9 Å². The van der Waals surface area contributed by atoms with Gasteiger partial charge in [0.2, 0.25) is 11.8 Å². The quantitative estimate of drug-likeness (QED) is 0.189. The number of nitrogens with zero attached hydrogens (tertiary/aromatic N) is 7. The monoisotopic (exact) mass is 698 g/mol. The predicted molar refractivity (Wildman–Crippen MR) is 178 cm³/mol. The van der Waals surface area contributed by atoms with E-state index in [2.05, 4.69) is 59.3 Å². The average Bonchev–Trinajstić information content (AvgIpc) is 3.44. The zero-order valence-corrected chi connectivity index (χ0v) is 28.0. The summed E-state index contributed by atoms with van der Waals surface area (Å²) in [5.74, 6) is 0.358. The summed E-state index contributed by atoms with van der Waals surface area (Å²) in [7, 11) is 2.06. The molecule has 0 radical (unpaired) electrons. The van der Waals surface area contributed by atoms with E-state index in [0.717, 1.165) is 36.2 Å². The van der Waals surface area contributed by atoms with E-state index >= 15 is 0 Å². The lowest BCUT2D eigenvalue weighted by Gasteiger charge is -2.27. The van der Waals surface area contributed by atoms with Gasteiger partial charge in [0, 0.05) is 60.4 Å². The molecule has 2 aliphatic heterocycles. The second-order valence-electron chi connectivity index (χ2n) is 12.7. The maximum absolute atomic E-state index is 14.3. The van der Waals surface area contributed by atoms with Gasteiger partial charge in [-0.25, -0.2) is 15.0 Å². The third kappa shape index (κ3) is 6.10. The van der Waals surface area contributed by atoms with E-state index in [4.69, 9.17) is 4.74 Å². The number of ketones is 1. The normalized spacial score (nSPS) is 23.7. The molecule has 1 N–H and O–H groups in total. The van der Waals surface area contributed by atoms with E-state index in [1.165, 1.54) is 6.92 Å². The van der Waals surface area contributed by atoms with Crippen molar-refractivity contribution in [2.75, 3.05) is 32.1 Å². The van der Waals surface area contributed by atoms with Crippen LogP contribution in [0.3, 0.4) is 0 Å². The fraction of sp³-hybridized carbons (Fsp3) is 0.382. The van der Waals surface area contributed by atoms with Crippen LogP contribution >= 0.6 is 15.9 Å². The van der Waals surface area contributed by atoms with Crippen LogP contribution in [0.4, 0.5) is 5.82 Å². The third-order valence-corrected chi connectivity index (χ3v) is 9.76. The minimum absolute atomic E-state index is 0.0781. The van der Waals surface area contributed by atoms with E-state index in [9.17, 15) is 14.4 Å². The Hall–Kier alpha value is -4.33. The van der Waals surface area contributed by atoms with Crippen molar-refractivity contribution in [3.8, 4) is 11.1 Å². The molecule has 1 saturated carbocycles. The number of aryl methyl sites for hydroxylation is 1. The van der Waals surface area contributed by atoms with Gasteiger partial charge in [-0.2, -0.15) is 5.10 Å². The topological polar surface area (TPSA) is 135 Å². The van der Waals surface area contributed by atoms with Crippen molar-refractivity contribution in [3.63, 3.8) is 0 Å². The number of carbonyl (C=O) groups excluding carboxylic acids is 3. The van der Waals surface area contributed by atoms with Crippen molar-refractivity contribution in [3.05, 3.63) is 76.6 Å². The molecule has 2 fully saturated rings. The molecule has 1 saturated heterocycles. The van der Waals surface area contributed by atoms with Gasteiger partial charge >= 0.3 is 0 Å². The van der Waals surface area contributed by atoms with E-state index in [0.29, 0.717) is 40.2 Å². The van der Waals surface area contributed by atoms with Crippen LogP contribution in [0.15, 0.2) is 59.5 Å². The summed E-state index contributed by atoms with van der Waals surface area (Å²) in [5.41, 5.74) is 3.15. The average molecular weight is 700 g/mol. The molecule has 12 nitrogen and oxygen atoms in total. The Morgan fingerprint density at radius 1 is 1.11 bits per heavy atom. The first-order valence-corrected chi connectivity index (χ1v) is 16.4. The number of fused-ring (bicyclic) bond motifs is 3.